The molecule has 0 aliphatic rings. The predicted octanol–water partition coefficient (Wildman–Crippen LogP) is 11.2. The maximum atomic E-state index is 12.4. The number of benzene rings is 2. The van der Waals surface area contributed by atoms with Crippen molar-refractivity contribution in [2.75, 3.05) is 26.4 Å². The minimum atomic E-state index is -1.07. The molecule has 0 unspecified atom stereocenters. The molecule has 0 heterocycles. The van der Waals surface area contributed by atoms with E-state index in [4.69, 9.17) is 23.7 Å². The first-order chi connectivity index (χ1) is 34.2. The molecule has 0 spiro atoms. The van der Waals surface area contributed by atoms with Crippen molar-refractivity contribution in [3.8, 4) is 0 Å². The van der Waals surface area contributed by atoms with E-state index >= 15 is 0 Å². The van der Waals surface area contributed by atoms with E-state index in [1.807, 2.05) is 123 Å². The van der Waals surface area contributed by atoms with Gasteiger partial charge in [-0.3, -0.25) is 10.1 Å². The SMILES string of the molecule is CC(C)(C)OC(=O)OC(=O)OC(C)(C)C.CC(C)[C@@H](CO)C[C@H](NC(=O)OC(C)(C)C)[C@@H](O)C[C@H](COCc1ccccc1)C(C)C.CC(C)[C@@H](COCc1ccccc1)C[C@H](O)[C@H](C[C@H](CO)C(C)C)[N+](=O)[O-]. The molecule has 1 amide bonds. The van der Waals surface area contributed by atoms with Gasteiger partial charge in [-0.05, 0) is 140 Å². The summed E-state index contributed by atoms with van der Waals surface area (Å²) in [6.45, 7) is 33.6. The summed E-state index contributed by atoms with van der Waals surface area (Å²) < 4.78 is 31.0. The topological polar surface area (TPSA) is 243 Å². The van der Waals surface area contributed by atoms with Crippen LogP contribution >= 0.6 is 0 Å². The highest BCUT2D eigenvalue weighted by Crippen LogP contribution is 2.27. The highest BCUT2D eigenvalue weighted by atomic mass is 16.8. The Kier molecular flexibility index (Phi) is 33.0. The number of aliphatic hydroxyl groups is 4. The van der Waals surface area contributed by atoms with Crippen LogP contribution in [0, 0.1) is 57.5 Å². The Labute approximate surface area is 443 Å². The number of amides is 1. The minimum absolute atomic E-state index is 0.00464. The summed E-state index contributed by atoms with van der Waals surface area (Å²) in [5, 5.41) is 55.3. The number of rotatable bonds is 26. The molecule has 2 aromatic carbocycles. The van der Waals surface area contributed by atoms with Crippen LogP contribution in [0.2, 0.25) is 0 Å². The molecule has 0 saturated carbocycles. The van der Waals surface area contributed by atoms with Crippen LogP contribution < -0.4 is 5.32 Å². The Hall–Kier alpha value is -4.39. The second kappa shape index (κ2) is 35.0. The van der Waals surface area contributed by atoms with Crippen LogP contribution in [0.3, 0.4) is 0 Å². The van der Waals surface area contributed by atoms with Crippen LogP contribution in [0.25, 0.3) is 0 Å². The van der Waals surface area contributed by atoms with Gasteiger partial charge in [-0.25, -0.2) is 14.4 Å². The Balaban J connectivity index is 0.00000115. The van der Waals surface area contributed by atoms with Crippen LogP contribution in [0.15, 0.2) is 60.7 Å². The standard InChI is InChI=1S/C26H45NO5.C21H35NO5.C10H18O5/c1-18(2)21(15-28)13-23(27-25(30)32-26(5,6)7)24(29)14-22(19(3)4)17-31-16-20-11-9-8-10-12-20;1-15(2)18(12-23)10-20(22(25)26)21(24)11-19(16(3)4)14-27-13-17-8-6-5-7-9-17;1-9(2,3)14-7(11)13-8(12)15-10(4,5)6/h8-12,18-19,21-24,28-29H,13-17H2,1-7H3,(H,27,30);5-9,15-16,18-21,23-24H,10-14H2,1-4H3;1-6H3/t21-,22-,23+,24+;18-,19-,20+,21+;/m11./s1. The van der Waals surface area contributed by atoms with E-state index in [9.17, 15) is 44.9 Å². The number of nitrogens with one attached hydrogen (secondary N) is 1. The zero-order valence-electron chi connectivity index (χ0n) is 48.0. The van der Waals surface area contributed by atoms with E-state index in [0.717, 1.165) is 11.1 Å². The number of nitrogens with zero attached hydrogens (tertiary/aromatic N) is 1. The fourth-order valence-corrected chi connectivity index (χ4v) is 7.33. The number of hydrogen-bond acceptors (Lipinski definition) is 15. The molecule has 8 atom stereocenters. The third-order valence-electron chi connectivity index (χ3n) is 12.1. The van der Waals surface area contributed by atoms with E-state index in [-0.39, 0.29) is 61.1 Å². The van der Waals surface area contributed by atoms with Gasteiger partial charge in [0.1, 0.15) is 22.9 Å². The number of alkyl carbamates (subject to hydrolysis) is 1. The molecular formula is C57H98N2O15. The highest BCUT2D eigenvalue weighted by molar-refractivity contribution is 5.77. The summed E-state index contributed by atoms with van der Waals surface area (Å²) in [6, 6.07) is 18.3. The molecule has 0 aromatic heterocycles. The molecule has 2 rings (SSSR count). The van der Waals surface area contributed by atoms with Crippen molar-refractivity contribution in [1.29, 1.82) is 0 Å². The number of aliphatic hydroxyl groups excluding tert-OH is 4. The highest BCUT2D eigenvalue weighted by Gasteiger charge is 2.36. The van der Waals surface area contributed by atoms with Crippen molar-refractivity contribution in [3.05, 3.63) is 81.9 Å². The van der Waals surface area contributed by atoms with Crippen molar-refractivity contribution in [1.82, 2.24) is 5.32 Å². The number of ether oxygens (including phenoxy) is 6. The number of carbonyl (C=O) groups excluding carboxylic acids is 3. The van der Waals surface area contributed by atoms with E-state index < -0.39 is 64.4 Å². The Morgan fingerprint density at radius 3 is 1.22 bits per heavy atom. The first kappa shape index (κ1) is 69.6. The molecule has 74 heavy (non-hydrogen) atoms. The van der Waals surface area contributed by atoms with Crippen molar-refractivity contribution in [2.45, 2.75) is 198 Å². The average molecular weight is 1050 g/mol. The first-order valence-electron chi connectivity index (χ1n) is 26.3. The minimum Gasteiger partial charge on any atom is -0.444 e. The lowest BCUT2D eigenvalue weighted by atomic mass is 9.84. The number of carbonyl (C=O) groups is 3. The van der Waals surface area contributed by atoms with Gasteiger partial charge in [-0.2, -0.15) is 0 Å². The van der Waals surface area contributed by atoms with Crippen LogP contribution in [-0.4, -0.2) is 111 Å². The van der Waals surface area contributed by atoms with Crippen LogP contribution in [-0.2, 0) is 41.6 Å². The zero-order chi connectivity index (χ0) is 57.0. The lowest BCUT2D eigenvalue weighted by molar-refractivity contribution is -0.537. The van der Waals surface area contributed by atoms with Crippen LogP contribution in [0.1, 0.15) is 155 Å². The summed E-state index contributed by atoms with van der Waals surface area (Å²) >= 11 is 0. The summed E-state index contributed by atoms with van der Waals surface area (Å²) in [7, 11) is 0. The maximum Gasteiger partial charge on any atom is 0.519 e. The van der Waals surface area contributed by atoms with Gasteiger partial charge in [0, 0.05) is 24.6 Å². The monoisotopic (exact) mass is 1050 g/mol. The fourth-order valence-electron chi connectivity index (χ4n) is 7.33. The van der Waals surface area contributed by atoms with E-state index in [1.165, 1.54) is 0 Å². The summed E-state index contributed by atoms with van der Waals surface area (Å²) in [5.41, 5.74) is 0.173. The third-order valence-corrected chi connectivity index (χ3v) is 12.1. The molecule has 0 saturated heterocycles. The van der Waals surface area contributed by atoms with Gasteiger partial charge < -0.3 is 54.2 Å². The first-order valence-corrected chi connectivity index (χ1v) is 26.3. The van der Waals surface area contributed by atoms with E-state index in [1.54, 1.807) is 41.5 Å². The van der Waals surface area contributed by atoms with Crippen LogP contribution in [0.4, 0.5) is 14.4 Å². The molecule has 17 heteroatoms. The molecule has 0 fully saturated rings. The Morgan fingerprint density at radius 2 is 0.892 bits per heavy atom. The van der Waals surface area contributed by atoms with E-state index in [2.05, 4.69) is 23.9 Å². The Bertz CT molecular complexity index is 1800. The molecule has 0 aliphatic carbocycles. The van der Waals surface area contributed by atoms with Crippen LogP contribution in [0.5, 0.6) is 0 Å². The second-order valence-corrected chi connectivity index (χ2v) is 23.6. The van der Waals surface area contributed by atoms with E-state index in [0.29, 0.717) is 51.6 Å². The molecule has 426 valence electrons. The maximum absolute atomic E-state index is 12.4. The molecule has 2 aromatic rings. The fraction of sp³-hybridized carbons (Fsp3) is 0.737. The van der Waals surface area contributed by atoms with Crippen molar-refractivity contribution < 1.29 is 68.2 Å². The number of hydrogen-bond donors (Lipinski definition) is 5. The average Bonchev–Trinajstić information content (AvgIpc) is 3.26. The smallest absolute Gasteiger partial charge is 0.444 e. The molecule has 5 N–H and O–H groups in total. The summed E-state index contributed by atoms with van der Waals surface area (Å²) in [6.07, 6.45) is -3.04. The lowest BCUT2D eigenvalue weighted by Crippen LogP contribution is -2.48. The quantitative estimate of drug-likeness (QED) is 0.0193. The van der Waals surface area contributed by atoms with Crippen molar-refractivity contribution in [2.24, 2.45) is 47.3 Å². The van der Waals surface area contributed by atoms with Crippen molar-refractivity contribution >= 4 is 18.4 Å². The summed E-state index contributed by atoms with van der Waals surface area (Å²) in [5.74, 6) is 0.826. The molecule has 17 nitrogen and oxygen atoms in total. The lowest BCUT2D eigenvalue weighted by Gasteiger charge is -2.32. The van der Waals surface area contributed by atoms with Gasteiger partial charge >= 0.3 is 18.4 Å². The van der Waals surface area contributed by atoms with Gasteiger partial charge in [-0.1, -0.05) is 116 Å². The zero-order valence-corrected chi connectivity index (χ0v) is 48.0. The van der Waals surface area contributed by atoms with Gasteiger partial charge in [0.15, 0.2) is 0 Å². The molecule has 0 bridgehead atoms. The molecule has 0 radical (unpaired) electrons. The van der Waals surface area contributed by atoms with Gasteiger partial charge in [0.25, 0.3) is 0 Å². The molecular weight excluding hydrogens is 953 g/mol. The summed E-state index contributed by atoms with van der Waals surface area (Å²) in [4.78, 5) is 45.5. The van der Waals surface area contributed by atoms with Gasteiger partial charge in [0.05, 0.1) is 38.6 Å². The normalized spacial score (nSPS) is 15.3. The molecule has 0 aliphatic heterocycles. The van der Waals surface area contributed by atoms with Crippen molar-refractivity contribution in [3.63, 3.8) is 0 Å². The largest absolute Gasteiger partial charge is 0.519 e. The number of nitro groups is 1. The third kappa shape index (κ3) is 33.5. The second-order valence-electron chi connectivity index (χ2n) is 23.6. The Morgan fingerprint density at radius 1 is 0.541 bits per heavy atom. The van der Waals surface area contributed by atoms with Gasteiger partial charge in [-0.15, -0.1) is 0 Å². The predicted molar refractivity (Wildman–Crippen MR) is 288 cm³/mol. The van der Waals surface area contributed by atoms with Gasteiger partial charge in [0.2, 0.25) is 6.04 Å².